The van der Waals surface area contributed by atoms with Crippen LogP contribution in [0.5, 0.6) is 0 Å². The molecule has 192 valence electrons. The van der Waals surface area contributed by atoms with E-state index in [1.54, 1.807) is 26.8 Å². The Bertz CT molecular complexity index is 1080. The average molecular weight is 580 g/mol. The largest absolute Gasteiger partial charge is 0.465 e. The van der Waals surface area contributed by atoms with Crippen molar-refractivity contribution in [2.75, 3.05) is 18.9 Å². The average Bonchev–Trinajstić information content (AvgIpc) is 2.75. The number of aromatic nitrogens is 1. The molecule has 0 saturated carbocycles. The molecule has 0 spiro atoms. The lowest BCUT2D eigenvalue weighted by Gasteiger charge is -2.41. The monoisotopic (exact) mass is 578 g/mol. The second-order valence-electron chi connectivity index (χ2n) is 9.39. The number of amidine groups is 1. The number of halogens is 2. The van der Waals surface area contributed by atoms with E-state index in [0.29, 0.717) is 16.2 Å². The van der Waals surface area contributed by atoms with E-state index < -0.39 is 40.0 Å². The van der Waals surface area contributed by atoms with Crippen molar-refractivity contribution in [2.24, 2.45) is 9.36 Å². The highest BCUT2D eigenvalue weighted by Gasteiger charge is 2.51. The van der Waals surface area contributed by atoms with Crippen molar-refractivity contribution in [1.82, 2.24) is 10.3 Å². The lowest BCUT2D eigenvalue weighted by atomic mass is 9.98. The Kier molecular flexibility index (Phi) is 9.09. The number of nitrogens with one attached hydrogen (secondary N) is 1. The minimum absolute atomic E-state index is 0.0365. The van der Waals surface area contributed by atoms with Crippen LogP contribution < -0.4 is 10.5 Å². The number of nitrogens with zero attached hydrogens (tertiary/aromatic N) is 3. The van der Waals surface area contributed by atoms with Crippen LogP contribution in [0.1, 0.15) is 53.7 Å². The fourth-order valence-corrected chi connectivity index (χ4v) is 11.4. The fourth-order valence-electron chi connectivity index (χ4n) is 4.58. The summed E-state index contributed by atoms with van der Waals surface area (Å²) in [6, 6.07) is 4.33. The maximum Gasteiger partial charge on any atom is 0.410 e. The summed E-state index contributed by atoms with van der Waals surface area (Å²) in [5.74, 6) is -0.625. The number of hydrogen-bond donors (Lipinski definition) is 3. The molecule has 1 aromatic rings. The van der Waals surface area contributed by atoms with Gasteiger partial charge >= 0.3 is 6.09 Å². The number of carboxylic acid groups (broad SMARTS) is 1. The zero-order valence-corrected chi connectivity index (χ0v) is 24.1. The third-order valence-electron chi connectivity index (χ3n) is 7.08. The van der Waals surface area contributed by atoms with E-state index in [0.717, 1.165) is 18.1 Å². The number of rotatable bonds is 8. The summed E-state index contributed by atoms with van der Waals surface area (Å²) >= 11 is 3.44. The maximum atomic E-state index is 16.3. The molecule has 1 unspecified atom stereocenters. The predicted molar refractivity (Wildman–Crippen MR) is 141 cm³/mol. The van der Waals surface area contributed by atoms with Gasteiger partial charge in [-0.1, -0.05) is 38.9 Å². The van der Waals surface area contributed by atoms with E-state index in [4.69, 9.17) is 0 Å². The Morgan fingerprint density at radius 3 is 2.38 bits per heavy atom. The number of carbonyl (C=O) groups is 1. The van der Waals surface area contributed by atoms with Gasteiger partial charge in [-0.05, 0) is 54.4 Å². The van der Waals surface area contributed by atoms with Crippen LogP contribution in [0.2, 0.25) is 18.1 Å². The van der Waals surface area contributed by atoms with Gasteiger partial charge in [-0.25, -0.2) is 22.7 Å². The van der Waals surface area contributed by atoms with E-state index in [1.807, 2.05) is 0 Å². The van der Waals surface area contributed by atoms with Gasteiger partial charge in [0.1, 0.15) is 32.2 Å². The molecule has 0 saturated heterocycles. The van der Waals surface area contributed by atoms with E-state index in [-0.39, 0.29) is 30.4 Å². The first kappa shape index (κ1) is 28.9. The van der Waals surface area contributed by atoms with Gasteiger partial charge in [0.15, 0.2) is 0 Å². The van der Waals surface area contributed by atoms with Crippen LogP contribution in [0.3, 0.4) is 0 Å². The lowest BCUT2D eigenvalue weighted by molar-refractivity contribution is 0.199. The first-order valence-electron chi connectivity index (χ1n) is 11.5. The number of aliphatic hydroxyl groups excluding tert-OH is 1. The molecule has 1 amide bonds. The van der Waals surface area contributed by atoms with Crippen LogP contribution >= 0.6 is 15.9 Å². The zero-order chi connectivity index (χ0) is 25.9. The first-order valence-corrected chi connectivity index (χ1v) is 16.6. The number of hydrogen-bond acceptors (Lipinski definition) is 6. The van der Waals surface area contributed by atoms with Crippen molar-refractivity contribution in [3.63, 3.8) is 0 Å². The van der Waals surface area contributed by atoms with Gasteiger partial charge in [-0.15, -0.1) is 0 Å². The molecule has 12 heteroatoms. The molecular formula is C22H36BrFN4O4SSi. The van der Waals surface area contributed by atoms with Crippen LogP contribution in [0.4, 0.5) is 9.18 Å². The molecule has 2 rings (SSSR count). The molecular weight excluding hydrogens is 543 g/mol. The van der Waals surface area contributed by atoms with Gasteiger partial charge in [0.05, 0.1) is 30.1 Å². The number of amides is 1. The summed E-state index contributed by atoms with van der Waals surface area (Å²) in [5, 5.41) is 21.5. The van der Waals surface area contributed by atoms with Gasteiger partial charge in [-0.2, -0.15) is 0 Å². The molecule has 1 aromatic heterocycles. The summed E-state index contributed by atoms with van der Waals surface area (Å²) in [6.07, 6.45) is -1.04. The Labute approximate surface area is 211 Å². The van der Waals surface area contributed by atoms with E-state index in [9.17, 15) is 19.2 Å². The summed E-state index contributed by atoms with van der Waals surface area (Å²) in [6.45, 7) is 11.1. The number of aliphatic hydroxyl groups is 1. The van der Waals surface area contributed by atoms with Crippen LogP contribution in [-0.2, 0) is 15.3 Å². The third kappa shape index (κ3) is 5.24. The second kappa shape index (κ2) is 10.7. The molecule has 0 aromatic carbocycles. The fraction of sp³-hybridized carbons (Fsp3) is 0.682. The quantitative estimate of drug-likeness (QED) is 0.242. The molecule has 8 nitrogen and oxygen atoms in total. The Morgan fingerprint density at radius 1 is 1.29 bits per heavy atom. The van der Waals surface area contributed by atoms with Gasteiger partial charge in [-0.3, -0.25) is 10.3 Å². The minimum Gasteiger partial charge on any atom is -0.465 e. The Balaban J connectivity index is 2.87. The molecule has 0 aliphatic carbocycles. The molecule has 2 atom stereocenters. The summed E-state index contributed by atoms with van der Waals surface area (Å²) in [5.41, 5.74) is -1.38. The van der Waals surface area contributed by atoms with E-state index in [2.05, 4.69) is 56.4 Å². The van der Waals surface area contributed by atoms with Crippen molar-refractivity contribution in [2.45, 2.75) is 76.4 Å². The highest BCUT2D eigenvalue weighted by atomic mass is 79.9. The van der Waals surface area contributed by atoms with Crippen LogP contribution in [-0.4, -0.2) is 63.1 Å². The topological polar surface area (TPSA) is 124 Å². The molecule has 1 aliphatic rings. The first-order chi connectivity index (χ1) is 15.8. The number of aliphatic imine (C=N–C) groups is 1. The van der Waals surface area contributed by atoms with Crippen molar-refractivity contribution < 1.29 is 23.6 Å². The highest BCUT2D eigenvalue weighted by molar-refractivity contribution is 9.10. The SMILES string of the molecule is CC[Si](CC)(CC)c1cc(Br)nc([C@]2(C)CS(=O)(=NCCCO)C(C)(C)C(NC(=O)O)=N2)c1F. The Hall–Kier alpha value is -1.37. The molecule has 3 N–H and O–H groups in total. The number of pyridine rings is 1. The standard InChI is InChI=1S/C22H36BrFN4O4SSi/c1-7-34(8-2,9-3)15-13-16(23)26-18(17(15)24)22(6)14-33(32,25-11-10-12-29)21(4,5)19(28-22)27-20(30)31/h13,29H,7-12,14H2,1-6H3,(H,27,28)(H,30,31)/t22-,33?/m0/s1. The summed E-state index contributed by atoms with van der Waals surface area (Å²) in [4.78, 5) is 20.6. The van der Waals surface area contributed by atoms with Crippen LogP contribution in [0, 0.1) is 5.82 Å². The zero-order valence-electron chi connectivity index (χ0n) is 20.7. The van der Waals surface area contributed by atoms with Gasteiger partial charge in [0.25, 0.3) is 0 Å². The minimum atomic E-state index is -3.14. The van der Waals surface area contributed by atoms with Crippen LogP contribution in [0.15, 0.2) is 20.0 Å². The maximum absolute atomic E-state index is 16.3. The molecule has 1 aliphatic heterocycles. The Morgan fingerprint density at radius 2 is 1.88 bits per heavy atom. The lowest BCUT2D eigenvalue weighted by Crippen LogP contribution is -2.58. The van der Waals surface area contributed by atoms with Crippen LogP contribution in [0.25, 0.3) is 0 Å². The molecule has 0 fully saturated rings. The van der Waals surface area contributed by atoms with E-state index >= 15 is 4.39 Å². The summed E-state index contributed by atoms with van der Waals surface area (Å²) in [7, 11) is -5.30. The smallest absolute Gasteiger partial charge is 0.410 e. The van der Waals surface area contributed by atoms with Gasteiger partial charge in [0.2, 0.25) is 0 Å². The van der Waals surface area contributed by atoms with Crippen molar-refractivity contribution in [1.29, 1.82) is 0 Å². The third-order valence-corrected chi connectivity index (χ3v) is 16.4. The van der Waals surface area contributed by atoms with Crippen molar-refractivity contribution in [3.05, 3.63) is 22.2 Å². The molecule has 34 heavy (non-hydrogen) atoms. The normalized spacial score (nSPS) is 24.4. The second-order valence-corrected chi connectivity index (χ2v) is 18.3. The molecule has 2 heterocycles. The van der Waals surface area contributed by atoms with Crippen molar-refractivity contribution in [3.8, 4) is 0 Å². The van der Waals surface area contributed by atoms with E-state index in [1.165, 1.54) is 0 Å². The van der Waals surface area contributed by atoms with Gasteiger partial charge in [0, 0.05) is 6.61 Å². The van der Waals surface area contributed by atoms with Crippen molar-refractivity contribution >= 4 is 50.8 Å². The summed E-state index contributed by atoms with van der Waals surface area (Å²) < 4.78 is 34.1. The predicted octanol–water partition coefficient (Wildman–Crippen LogP) is 4.22. The van der Waals surface area contributed by atoms with Gasteiger partial charge < -0.3 is 10.2 Å². The molecule has 0 bridgehead atoms. The highest BCUT2D eigenvalue weighted by Crippen LogP contribution is 2.39. The molecule has 0 radical (unpaired) electrons.